The van der Waals surface area contributed by atoms with E-state index in [1.807, 2.05) is 52.0 Å². The van der Waals surface area contributed by atoms with Crippen LogP contribution in [-0.4, -0.2) is 41.5 Å². The van der Waals surface area contributed by atoms with Crippen molar-refractivity contribution in [2.24, 2.45) is 0 Å². The molecule has 3 N–H and O–H groups in total. The van der Waals surface area contributed by atoms with Gasteiger partial charge in [0.25, 0.3) is 5.91 Å². The number of hydrogen-bond acceptors (Lipinski definition) is 3. The number of aryl methyl sites for hydroxylation is 1. The first kappa shape index (κ1) is 18.8. The van der Waals surface area contributed by atoms with Crippen LogP contribution in [0.2, 0.25) is 0 Å². The molecule has 0 spiro atoms. The average molecular weight is 346 g/mol. The lowest BCUT2D eigenvalue weighted by atomic mass is 9.91. The number of imide groups is 1. The molecule has 2 rings (SSSR count). The van der Waals surface area contributed by atoms with Gasteiger partial charge >= 0.3 is 12.1 Å². The Hall–Kier alpha value is -2.57. The molecule has 1 aliphatic heterocycles. The Morgan fingerprint density at radius 2 is 1.80 bits per heavy atom. The number of carbonyl (C=O) groups is 3. The summed E-state index contributed by atoms with van der Waals surface area (Å²) >= 11 is 0. The summed E-state index contributed by atoms with van der Waals surface area (Å²) in [5, 5.41) is 8.17. The zero-order valence-corrected chi connectivity index (χ0v) is 15.4. The Kier molecular flexibility index (Phi) is 5.06. The zero-order valence-electron chi connectivity index (χ0n) is 15.4. The van der Waals surface area contributed by atoms with Gasteiger partial charge in [-0.3, -0.25) is 9.69 Å². The Morgan fingerprint density at radius 3 is 2.36 bits per heavy atom. The van der Waals surface area contributed by atoms with E-state index < -0.39 is 11.6 Å². The van der Waals surface area contributed by atoms with E-state index >= 15 is 0 Å². The molecule has 136 valence electrons. The lowest BCUT2D eigenvalue weighted by Gasteiger charge is -2.23. The second kappa shape index (κ2) is 6.74. The monoisotopic (exact) mass is 346 g/mol. The van der Waals surface area contributed by atoms with Gasteiger partial charge in [-0.1, -0.05) is 29.8 Å². The van der Waals surface area contributed by atoms with Crippen molar-refractivity contribution in [3.8, 4) is 0 Å². The van der Waals surface area contributed by atoms with E-state index in [0.29, 0.717) is 0 Å². The van der Waals surface area contributed by atoms with Crippen molar-refractivity contribution >= 4 is 18.0 Å². The number of nitrogens with one attached hydrogen (secondary N) is 3. The number of carbonyl (C=O) groups excluding carboxylic acids is 3. The number of benzene rings is 1. The summed E-state index contributed by atoms with van der Waals surface area (Å²) in [5.74, 6) is -0.320. The van der Waals surface area contributed by atoms with Crippen LogP contribution < -0.4 is 16.0 Å². The lowest BCUT2D eigenvalue weighted by molar-refractivity contribution is -0.131. The van der Waals surface area contributed by atoms with Crippen LogP contribution in [0.4, 0.5) is 9.59 Å². The molecule has 0 bridgehead atoms. The predicted molar refractivity (Wildman–Crippen MR) is 95.1 cm³/mol. The molecule has 5 amide bonds. The Balaban J connectivity index is 1.99. The molecule has 7 heteroatoms. The minimum absolute atomic E-state index is 0.115. The summed E-state index contributed by atoms with van der Waals surface area (Å²) in [7, 11) is 0. The first-order valence-electron chi connectivity index (χ1n) is 8.30. The molecular weight excluding hydrogens is 320 g/mol. The summed E-state index contributed by atoms with van der Waals surface area (Å²) in [6.07, 6.45) is 0. The maximum atomic E-state index is 12.7. The van der Waals surface area contributed by atoms with Crippen LogP contribution in [0.25, 0.3) is 0 Å². The topological polar surface area (TPSA) is 90.5 Å². The largest absolute Gasteiger partial charge is 0.336 e. The van der Waals surface area contributed by atoms with Crippen molar-refractivity contribution in [1.29, 1.82) is 0 Å². The highest BCUT2D eigenvalue weighted by atomic mass is 16.2. The van der Waals surface area contributed by atoms with Crippen LogP contribution in [0.1, 0.15) is 38.8 Å². The van der Waals surface area contributed by atoms with Crippen molar-refractivity contribution in [1.82, 2.24) is 20.9 Å². The number of amides is 5. The van der Waals surface area contributed by atoms with Gasteiger partial charge < -0.3 is 16.0 Å². The van der Waals surface area contributed by atoms with Crippen LogP contribution in [0.5, 0.6) is 0 Å². The molecular formula is C18H26N4O3. The van der Waals surface area contributed by atoms with Gasteiger partial charge in [0.05, 0.1) is 0 Å². The summed E-state index contributed by atoms with van der Waals surface area (Å²) in [4.78, 5) is 37.8. The molecule has 25 heavy (non-hydrogen) atoms. The first-order valence-corrected chi connectivity index (χ1v) is 8.30. The van der Waals surface area contributed by atoms with Crippen LogP contribution in [0, 0.1) is 6.92 Å². The van der Waals surface area contributed by atoms with Crippen molar-refractivity contribution < 1.29 is 14.4 Å². The summed E-state index contributed by atoms with van der Waals surface area (Å²) < 4.78 is 0. The smallest absolute Gasteiger partial charge is 0.325 e. The van der Waals surface area contributed by atoms with Crippen molar-refractivity contribution in [2.75, 3.05) is 13.1 Å². The minimum Gasteiger partial charge on any atom is -0.336 e. The highest BCUT2D eigenvalue weighted by Crippen LogP contribution is 2.28. The summed E-state index contributed by atoms with van der Waals surface area (Å²) in [5.41, 5.74) is 0.375. The van der Waals surface area contributed by atoms with Gasteiger partial charge in [-0.15, -0.1) is 0 Å². The molecule has 1 aliphatic rings. The fourth-order valence-corrected chi connectivity index (χ4v) is 2.65. The van der Waals surface area contributed by atoms with Crippen LogP contribution in [-0.2, 0) is 10.3 Å². The number of nitrogens with zero attached hydrogens (tertiary/aromatic N) is 1. The zero-order chi connectivity index (χ0) is 18.8. The fourth-order valence-electron chi connectivity index (χ4n) is 2.65. The lowest BCUT2D eigenvalue weighted by Crippen LogP contribution is -2.48. The standard InChI is InChI=1S/C18H26N4O3/c1-12-6-8-13(9-7-12)18(5)14(23)22(16(25)21-18)11-10-19-15(24)20-17(2,3)4/h6-9H,10-11H2,1-5H3,(H,21,25)(H2,19,20,24)/t18-/m0/s1. The van der Waals surface area contributed by atoms with Crippen molar-refractivity contribution in [3.05, 3.63) is 35.4 Å². The van der Waals surface area contributed by atoms with E-state index in [0.717, 1.165) is 16.0 Å². The summed E-state index contributed by atoms with van der Waals surface area (Å²) in [6, 6.07) is 6.70. The van der Waals surface area contributed by atoms with Crippen LogP contribution in [0.3, 0.4) is 0 Å². The molecule has 0 radical (unpaired) electrons. The predicted octanol–water partition coefficient (Wildman–Crippen LogP) is 1.86. The molecule has 0 saturated carbocycles. The SMILES string of the molecule is Cc1ccc([C@]2(C)NC(=O)N(CCNC(=O)NC(C)(C)C)C2=O)cc1. The number of rotatable bonds is 4. The van der Waals surface area contributed by atoms with Gasteiger partial charge in [-0.05, 0) is 40.2 Å². The third-order valence-corrected chi connectivity index (χ3v) is 4.01. The fraction of sp³-hybridized carbons (Fsp3) is 0.500. The molecule has 0 aromatic heterocycles. The Morgan fingerprint density at radius 1 is 1.20 bits per heavy atom. The van der Waals surface area contributed by atoms with Crippen LogP contribution in [0.15, 0.2) is 24.3 Å². The van der Waals surface area contributed by atoms with E-state index in [2.05, 4.69) is 16.0 Å². The number of hydrogen-bond donors (Lipinski definition) is 3. The molecule has 1 aromatic rings. The maximum absolute atomic E-state index is 12.7. The molecule has 1 heterocycles. The normalized spacial score (nSPS) is 20.4. The second-order valence-electron chi connectivity index (χ2n) is 7.51. The highest BCUT2D eigenvalue weighted by molar-refractivity contribution is 6.07. The highest BCUT2D eigenvalue weighted by Gasteiger charge is 2.48. The molecule has 1 atom stereocenters. The molecule has 0 aliphatic carbocycles. The summed E-state index contributed by atoms with van der Waals surface area (Å²) in [6.45, 7) is 9.57. The van der Waals surface area contributed by atoms with Gasteiger partial charge in [0.15, 0.2) is 0 Å². The van der Waals surface area contributed by atoms with Gasteiger partial charge in [-0.25, -0.2) is 9.59 Å². The van der Waals surface area contributed by atoms with Gasteiger partial charge in [0, 0.05) is 18.6 Å². The molecule has 1 saturated heterocycles. The van der Waals surface area contributed by atoms with Gasteiger partial charge in [-0.2, -0.15) is 0 Å². The van der Waals surface area contributed by atoms with Gasteiger partial charge in [0.2, 0.25) is 0 Å². The number of urea groups is 2. The van der Waals surface area contributed by atoms with Crippen molar-refractivity contribution in [2.45, 2.75) is 45.7 Å². The maximum Gasteiger partial charge on any atom is 0.325 e. The quantitative estimate of drug-likeness (QED) is 0.727. The minimum atomic E-state index is -1.08. The van der Waals surface area contributed by atoms with E-state index in [4.69, 9.17) is 0 Å². The van der Waals surface area contributed by atoms with E-state index in [1.165, 1.54) is 0 Å². The first-order chi connectivity index (χ1) is 11.5. The van der Waals surface area contributed by atoms with Crippen LogP contribution >= 0.6 is 0 Å². The van der Waals surface area contributed by atoms with E-state index in [9.17, 15) is 14.4 Å². The van der Waals surface area contributed by atoms with Crippen molar-refractivity contribution in [3.63, 3.8) is 0 Å². The molecule has 1 aromatic carbocycles. The third kappa shape index (κ3) is 4.29. The third-order valence-electron chi connectivity index (χ3n) is 4.01. The van der Waals surface area contributed by atoms with E-state index in [-0.39, 0.29) is 30.6 Å². The molecule has 0 unspecified atom stereocenters. The van der Waals surface area contributed by atoms with E-state index in [1.54, 1.807) is 6.92 Å². The Bertz CT molecular complexity index is 679. The average Bonchev–Trinajstić information content (AvgIpc) is 2.70. The molecule has 7 nitrogen and oxygen atoms in total. The second-order valence-corrected chi connectivity index (χ2v) is 7.51. The van der Waals surface area contributed by atoms with Gasteiger partial charge in [0.1, 0.15) is 5.54 Å². The Labute approximate surface area is 148 Å². The molecule has 1 fully saturated rings.